The number of hydrogen-bond donors (Lipinski definition) is 1. The second-order valence-electron chi connectivity index (χ2n) is 4.18. The van der Waals surface area contributed by atoms with Crippen molar-refractivity contribution in [2.75, 3.05) is 18.8 Å². The van der Waals surface area contributed by atoms with Crippen molar-refractivity contribution in [2.24, 2.45) is 5.92 Å². The maximum Gasteiger partial charge on any atom is 0.0131 e. The number of fused-ring (bicyclic) bond motifs is 1. The van der Waals surface area contributed by atoms with Gasteiger partial charge in [0.2, 0.25) is 0 Å². The predicted octanol–water partition coefficient (Wildman–Crippen LogP) is 2.18. The summed E-state index contributed by atoms with van der Waals surface area (Å²) in [7, 11) is 0. The summed E-state index contributed by atoms with van der Waals surface area (Å²) >= 11 is 4.45. The average molecular weight is 185 g/mol. The molecule has 70 valence electrons. The zero-order valence-corrected chi connectivity index (χ0v) is 8.60. The van der Waals surface area contributed by atoms with Crippen LogP contribution in [0.2, 0.25) is 0 Å². The fraction of sp³-hybridized carbons (Fsp3) is 1.00. The van der Waals surface area contributed by atoms with Crippen LogP contribution in [-0.2, 0) is 0 Å². The Hall–Kier alpha value is 0.310. The highest BCUT2D eigenvalue weighted by atomic mass is 32.1. The Labute approximate surface area is 80.9 Å². The molecule has 2 aliphatic heterocycles. The third-order valence-corrected chi connectivity index (χ3v) is 3.93. The molecule has 2 atom stereocenters. The molecule has 0 spiro atoms. The van der Waals surface area contributed by atoms with E-state index in [1.165, 1.54) is 45.2 Å². The largest absolute Gasteiger partial charge is 0.300 e. The van der Waals surface area contributed by atoms with Gasteiger partial charge in [-0.1, -0.05) is 6.42 Å². The third kappa shape index (κ3) is 1.64. The first kappa shape index (κ1) is 8.89. The number of hydrogen-bond acceptors (Lipinski definition) is 2. The number of thiol groups is 1. The minimum absolute atomic E-state index is 0.891. The third-order valence-electron chi connectivity index (χ3n) is 3.46. The van der Waals surface area contributed by atoms with Gasteiger partial charge in [-0.15, -0.1) is 0 Å². The van der Waals surface area contributed by atoms with Gasteiger partial charge in [-0.3, -0.25) is 0 Å². The molecule has 2 aliphatic rings. The van der Waals surface area contributed by atoms with Crippen LogP contribution in [0.1, 0.15) is 32.1 Å². The second-order valence-corrected chi connectivity index (χ2v) is 4.55. The minimum Gasteiger partial charge on any atom is -0.300 e. The van der Waals surface area contributed by atoms with Crippen molar-refractivity contribution < 1.29 is 0 Å². The molecule has 0 aliphatic carbocycles. The zero-order valence-electron chi connectivity index (χ0n) is 7.71. The summed E-state index contributed by atoms with van der Waals surface area (Å²) in [5.74, 6) is 1.99. The molecule has 2 fully saturated rings. The Bertz CT molecular complexity index is 140. The molecule has 2 saturated heterocycles. The fourth-order valence-electron chi connectivity index (χ4n) is 2.79. The van der Waals surface area contributed by atoms with Crippen LogP contribution in [0.5, 0.6) is 0 Å². The Balaban J connectivity index is 1.99. The van der Waals surface area contributed by atoms with Gasteiger partial charge in [-0.25, -0.2) is 0 Å². The fourth-order valence-corrected chi connectivity index (χ4v) is 3.22. The standard InChI is InChI=1S/C10H19NS/c12-8-9-4-3-7-11-6-2-1-5-10(9)11/h9-10,12H,1-8H2/t9-,10+/m1/s1. The maximum atomic E-state index is 4.45. The first-order valence-electron chi connectivity index (χ1n) is 5.26. The van der Waals surface area contributed by atoms with E-state index in [-0.39, 0.29) is 0 Å². The van der Waals surface area contributed by atoms with Gasteiger partial charge in [-0.2, -0.15) is 12.6 Å². The van der Waals surface area contributed by atoms with E-state index in [0.717, 1.165) is 17.7 Å². The maximum absolute atomic E-state index is 4.45. The normalized spacial score (nSPS) is 37.8. The highest BCUT2D eigenvalue weighted by molar-refractivity contribution is 7.80. The first-order valence-corrected chi connectivity index (χ1v) is 5.90. The quantitative estimate of drug-likeness (QED) is 0.613. The summed E-state index contributed by atoms with van der Waals surface area (Å²) in [4.78, 5) is 2.70. The van der Waals surface area contributed by atoms with Crippen molar-refractivity contribution in [3.63, 3.8) is 0 Å². The van der Waals surface area contributed by atoms with E-state index in [2.05, 4.69) is 17.5 Å². The summed E-state index contributed by atoms with van der Waals surface area (Å²) in [6.07, 6.45) is 7.14. The van der Waals surface area contributed by atoms with Gasteiger partial charge in [0, 0.05) is 6.04 Å². The van der Waals surface area contributed by atoms with Crippen molar-refractivity contribution in [1.29, 1.82) is 0 Å². The SMILES string of the molecule is SC[C@H]1CCCN2CCCC[C@@H]12. The average Bonchev–Trinajstić information content (AvgIpc) is 2.17. The van der Waals surface area contributed by atoms with Crippen LogP contribution >= 0.6 is 12.6 Å². The van der Waals surface area contributed by atoms with Crippen molar-refractivity contribution in [1.82, 2.24) is 4.90 Å². The molecule has 0 saturated carbocycles. The van der Waals surface area contributed by atoms with Crippen LogP contribution in [0.3, 0.4) is 0 Å². The molecule has 0 N–H and O–H groups in total. The summed E-state index contributed by atoms with van der Waals surface area (Å²) in [5.41, 5.74) is 0. The van der Waals surface area contributed by atoms with Crippen molar-refractivity contribution in [3.05, 3.63) is 0 Å². The van der Waals surface area contributed by atoms with Crippen LogP contribution in [-0.4, -0.2) is 29.8 Å². The summed E-state index contributed by atoms with van der Waals surface area (Å²) in [6.45, 7) is 2.71. The summed E-state index contributed by atoms with van der Waals surface area (Å²) < 4.78 is 0. The van der Waals surface area contributed by atoms with E-state index in [1.54, 1.807) is 0 Å². The van der Waals surface area contributed by atoms with E-state index >= 15 is 0 Å². The molecule has 0 aromatic rings. The van der Waals surface area contributed by atoms with E-state index in [4.69, 9.17) is 0 Å². The Kier molecular flexibility index (Phi) is 2.97. The van der Waals surface area contributed by atoms with E-state index in [0.29, 0.717) is 0 Å². The molecule has 0 aromatic heterocycles. The van der Waals surface area contributed by atoms with Gasteiger partial charge in [0.25, 0.3) is 0 Å². The van der Waals surface area contributed by atoms with Crippen molar-refractivity contribution in [3.8, 4) is 0 Å². The molecule has 0 radical (unpaired) electrons. The van der Waals surface area contributed by atoms with Crippen LogP contribution in [0, 0.1) is 5.92 Å². The molecule has 12 heavy (non-hydrogen) atoms. The lowest BCUT2D eigenvalue weighted by Gasteiger charge is -2.44. The van der Waals surface area contributed by atoms with Crippen molar-refractivity contribution in [2.45, 2.75) is 38.1 Å². The van der Waals surface area contributed by atoms with Gasteiger partial charge in [0.05, 0.1) is 0 Å². The van der Waals surface area contributed by atoms with E-state index < -0.39 is 0 Å². The van der Waals surface area contributed by atoms with Crippen LogP contribution in [0.4, 0.5) is 0 Å². The molecule has 0 aromatic carbocycles. The van der Waals surface area contributed by atoms with E-state index in [9.17, 15) is 0 Å². The molecule has 2 heterocycles. The molecule has 1 nitrogen and oxygen atoms in total. The molecule has 2 rings (SSSR count). The van der Waals surface area contributed by atoms with Crippen molar-refractivity contribution >= 4 is 12.6 Å². The Morgan fingerprint density at radius 3 is 2.75 bits per heavy atom. The Morgan fingerprint density at radius 1 is 1.08 bits per heavy atom. The monoisotopic (exact) mass is 185 g/mol. The molecular formula is C10H19NS. The zero-order chi connectivity index (χ0) is 8.39. The van der Waals surface area contributed by atoms with Crippen LogP contribution in [0.25, 0.3) is 0 Å². The van der Waals surface area contributed by atoms with Gasteiger partial charge in [0.15, 0.2) is 0 Å². The highest BCUT2D eigenvalue weighted by Gasteiger charge is 2.31. The molecular weight excluding hydrogens is 166 g/mol. The van der Waals surface area contributed by atoms with Gasteiger partial charge < -0.3 is 4.90 Å². The molecule has 0 amide bonds. The second kappa shape index (κ2) is 4.01. The molecule has 2 heteroatoms. The van der Waals surface area contributed by atoms with E-state index in [1.807, 2.05) is 0 Å². The molecule has 0 unspecified atom stereocenters. The molecule has 0 bridgehead atoms. The highest BCUT2D eigenvalue weighted by Crippen LogP contribution is 2.31. The first-order chi connectivity index (χ1) is 5.92. The summed E-state index contributed by atoms with van der Waals surface area (Å²) in [5, 5.41) is 0. The van der Waals surface area contributed by atoms with Crippen LogP contribution in [0.15, 0.2) is 0 Å². The van der Waals surface area contributed by atoms with Crippen LogP contribution < -0.4 is 0 Å². The predicted molar refractivity (Wildman–Crippen MR) is 55.8 cm³/mol. The topological polar surface area (TPSA) is 3.24 Å². The van der Waals surface area contributed by atoms with Gasteiger partial charge >= 0.3 is 0 Å². The van der Waals surface area contributed by atoms with Gasteiger partial charge in [0.1, 0.15) is 0 Å². The van der Waals surface area contributed by atoms with Gasteiger partial charge in [-0.05, 0) is 50.4 Å². The smallest absolute Gasteiger partial charge is 0.0131 e. The lowest BCUT2D eigenvalue weighted by atomic mass is 9.85. The Morgan fingerprint density at radius 2 is 1.92 bits per heavy atom. The lowest BCUT2D eigenvalue weighted by molar-refractivity contribution is 0.0694. The number of nitrogens with zero attached hydrogens (tertiary/aromatic N) is 1. The summed E-state index contributed by atoms with van der Waals surface area (Å²) in [6, 6.07) is 0.894. The minimum atomic E-state index is 0.891. The lowest BCUT2D eigenvalue weighted by Crippen LogP contribution is -2.48. The number of rotatable bonds is 1. The number of piperidine rings is 2.